The maximum atomic E-state index is 11.0. The minimum absolute atomic E-state index is 0.402. The summed E-state index contributed by atoms with van der Waals surface area (Å²) in [6.07, 6.45) is 0. The number of nitrogens with zero attached hydrogens (tertiary/aromatic N) is 2. The van der Waals surface area contributed by atoms with Gasteiger partial charge in [-0.05, 0) is 18.2 Å². The molecule has 0 amide bonds. The molecule has 100 valence electrons. The van der Waals surface area contributed by atoms with Gasteiger partial charge in [-0.25, -0.2) is 4.79 Å². The number of nitrogens with two attached hydrogens (primary N) is 1. The third-order valence-electron chi connectivity index (χ3n) is 3.10. The molecule has 1 aromatic carbocycles. The highest BCUT2D eigenvalue weighted by Crippen LogP contribution is 2.28. The van der Waals surface area contributed by atoms with E-state index >= 15 is 0 Å². The van der Waals surface area contributed by atoms with Crippen LogP contribution in [0.5, 0.6) is 0 Å². The van der Waals surface area contributed by atoms with E-state index in [1.54, 1.807) is 12.1 Å². The number of benzene rings is 1. The van der Waals surface area contributed by atoms with Crippen LogP contribution in [0.15, 0.2) is 27.5 Å². The number of nitrogens with one attached hydrogen (secondary N) is 1. The summed E-state index contributed by atoms with van der Waals surface area (Å²) in [5, 5.41) is 3.67. The summed E-state index contributed by atoms with van der Waals surface area (Å²) in [6.45, 7) is 2.96. The minimum Gasteiger partial charge on any atom is -0.397 e. The van der Waals surface area contributed by atoms with Crippen molar-refractivity contribution in [3.63, 3.8) is 0 Å². The summed E-state index contributed by atoms with van der Waals surface area (Å²) in [6, 6.07) is 5.49. The van der Waals surface area contributed by atoms with E-state index in [9.17, 15) is 4.79 Å². The Balaban J connectivity index is 1.97. The van der Waals surface area contributed by atoms with E-state index < -0.39 is 5.76 Å². The lowest BCUT2D eigenvalue weighted by atomic mass is 10.1. The maximum Gasteiger partial charge on any atom is 0.439 e. The van der Waals surface area contributed by atoms with E-state index in [1.807, 2.05) is 6.07 Å². The van der Waals surface area contributed by atoms with Gasteiger partial charge in [0.05, 0.1) is 24.6 Å². The lowest BCUT2D eigenvalue weighted by molar-refractivity contribution is 0.123. The summed E-state index contributed by atoms with van der Waals surface area (Å²) >= 11 is 0. The fourth-order valence-corrected chi connectivity index (χ4v) is 2.12. The van der Waals surface area contributed by atoms with E-state index in [2.05, 4.69) is 19.6 Å². The first-order chi connectivity index (χ1) is 9.24. The average molecular weight is 262 g/mol. The van der Waals surface area contributed by atoms with Gasteiger partial charge >= 0.3 is 5.76 Å². The Morgan fingerprint density at radius 3 is 2.79 bits per heavy atom. The summed E-state index contributed by atoms with van der Waals surface area (Å²) in [4.78, 5) is 15.7. The van der Waals surface area contributed by atoms with E-state index in [1.165, 1.54) is 0 Å². The topological polar surface area (TPSA) is 97.4 Å². The van der Waals surface area contributed by atoms with Crippen LogP contribution in [0.3, 0.4) is 0 Å². The van der Waals surface area contributed by atoms with Gasteiger partial charge in [0, 0.05) is 18.7 Å². The summed E-state index contributed by atoms with van der Waals surface area (Å²) in [7, 11) is 0. The molecule has 2 heterocycles. The summed E-state index contributed by atoms with van der Waals surface area (Å²) in [5.41, 5.74) is 8.38. The molecule has 2 aromatic rings. The van der Waals surface area contributed by atoms with Crippen molar-refractivity contribution in [3.8, 4) is 11.4 Å². The van der Waals surface area contributed by atoms with Gasteiger partial charge in [0.1, 0.15) is 0 Å². The molecule has 1 fully saturated rings. The van der Waals surface area contributed by atoms with E-state index in [-0.39, 0.29) is 0 Å². The van der Waals surface area contributed by atoms with Crippen molar-refractivity contribution in [2.45, 2.75) is 0 Å². The van der Waals surface area contributed by atoms with E-state index in [0.29, 0.717) is 24.7 Å². The predicted molar refractivity (Wildman–Crippen MR) is 70.0 cm³/mol. The molecule has 0 aliphatic carbocycles. The monoisotopic (exact) mass is 262 g/mol. The molecule has 0 bridgehead atoms. The fraction of sp³-hybridized carbons (Fsp3) is 0.333. The highest BCUT2D eigenvalue weighted by Gasteiger charge is 2.15. The van der Waals surface area contributed by atoms with Crippen LogP contribution in [0, 0.1) is 0 Å². The number of aromatic amines is 1. The highest BCUT2D eigenvalue weighted by atomic mass is 16.5. The van der Waals surface area contributed by atoms with Crippen molar-refractivity contribution in [1.82, 2.24) is 10.1 Å². The zero-order valence-corrected chi connectivity index (χ0v) is 10.3. The second kappa shape index (κ2) is 4.77. The fourth-order valence-electron chi connectivity index (χ4n) is 2.12. The Hall–Kier alpha value is -2.28. The Kier molecular flexibility index (Phi) is 2.96. The number of anilines is 2. The van der Waals surface area contributed by atoms with Crippen LogP contribution in [0.4, 0.5) is 11.4 Å². The molecular formula is C12H14N4O3. The van der Waals surface area contributed by atoms with Crippen molar-refractivity contribution in [3.05, 3.63) is 28.7 Å². The standard InChI is InChI=1S/C12H14N4O3/c13-9-2-1-8(11-14-12(17)19-15-11)7-10(9)16-3-5-18-6-4-16/h1-2,7H,3-6,13H2,(H,14,15,17). The largest absolute Gasteiger partial charge is 0.439 e. The molecule has 0 radical (unpaired) electrons. The molecule has 1 aliphatic rings. The lowest BCUT2D eigenvalue weighted by Gasteiger charge is -2.30. The smallest absolute Gasteiger partial charge is 0.397 e. The third kappa shape index (κ3) is 2.32. The van der Waals surface area contributed by atoms with Crippen molar-refractivity contribution < 1.29 is 9.26 Å². The summed E-state index contributed by atoms with van der Waals surface area (Å²) < 4.78 is 9.83. The molecule has 1 aliphatic heterocycles. The molecule has 0 saturated carbocycles. The second-order valence-electron chi connectivity index (χ2n) is 4.32. The number of hydrogen-bond donors (Lipinski definition) is 2. The highest BCUT2D eigenvalue weighted by molar-refractivity contribution is 5.74. The Morgan fingerprint density at radius 2 is 2.11 bits per heavy atom. The molecule has 19 heavy (non-hydrogen) atoms. The van der Waals surface area contributed by atoms with Crippen LogP contribution in [-0.2, 0) is 4.74 Å². The maximum absolute atomic E-state index is 11.0. The van der Waals surface area contributed by atoms with Gasteiger partial charge in [-0.1, -0.05) is 5.16 Å². The van der Waals surface area contributed by atoms with Crippen molar-refractivity contribution in [2.75, 3.05) is 36.9 Å². The average Bonchev–Trinajstić information content (AvgIpc) is 2.87. The molecule has 1 aromatic heterocycles. The molecule has 1 saturated heterocycles. The number of aromatic nitrogens is 2. The molecule has 0 unspecified atom stereocenters. The van der Waals surface area contributed by atoms with E-state index in [4.69, 9.17) is 10.5 Å². The predicted octanol–water partition coefficient (Wildman–Crippen LogP) is 0.449. The molecule has 3 N–H and O–H groups in total. The van der Waals surface area contributed by atoms with Crippen molar-refractivity contribution in [1.29, 1.82) is 0 Å². The molecule has 0 atom stereocenters. The summed E-state index contributed by atoms with van der Waals surface area (Å²) in [5.74, 6) is -0.167. The van der Waals surface area contributed by atoms with Gasteiger partial charge < -0.3 is 15.4 Å². The van der Waals surface area contributed by atoms with E-state index in [0.717, 1.165) is 24.3 Å². The van der Waals surface area contributed by atoms with Gasteiger partial charge in [-0.2, -0.15) is 0 Å². The van der Waals surface area contributed by atoms with Crippen LogP contribution in [0.1, 0.15) is 0 Å². The molecule has 0 spiro atoms. The van der Waals surface area contributed by atoms with Crippen LogP contribution >= 0.6 is 0 Å². The number of rotatable bonds is 2. The van der Waals surface area contributed by atoms with Gasteiger partial charge in [0.25, 0.3) is 0 Å². The quantitative estimate of drug-likeness (QED) is 0.762. The molecular weight excluding hydrogens is 248 g/mol. The Morgan fingerprint density at radius 1 is 1.32 bits per heavy atom. The lowest BCUT2D eigenvalue weighted by Crippen LogP contribution is -2.36. The molecule has 7 nitrogen and oxygen atoms in total. The van der Waals surface area contributed by atoms with Crippen molar-refractivity contribution in [2.24, 2.45) is 0 Å². The molecule has 7 heteroatoms. The Labute approximate surface area is 109 Å². The first kappa shape index (κ1) is 11.8. The van der Waals surface area contributed by atoms with Gasteiger partial charge in [0.2, 0.25) is 0 Å². The second-order valence-corrected chi connectivity index (χ2v) is 4.32. The first-order valence-corrected chi connectivity index (χ1v) is 6.02. The SMILES string of the molecule is Nc1ccc(-c2noc(=O)[nH]2)cc1N1CCOCC1. The third-order valence-corrected chi connectivity index (χ3v) is 3.10. The number of ether oxygens (including phenoxy) is 1. The Bertz CT molecular complexity index is 628. The van der Waals surface area contributed by atoms with Crippen LogP contribution in [-0.4, -0.2) is 36.4 Å². The van der Waals surface area contributed by atoms with Gasteiger partial charge in [-0.15, -0.1) is 0 Å². The van der Waals surface area contributed by atoms with Crippen LogP contribution < -0.4 is 16.4 Å². The number of nitrogen functional groups attached to an aromatic ring is 1. The normalized spacial score (nSPS) is 15.7. The minimum atomic E-state index is -0.570. The zero-order chi connectivity index (χ0) is 13.2. The number of H-pyrrole nitrogens is 1. The zero-order valence-electron chi connectivity index (χ0n) is 10.3. The molecule has 3 rings (SSSR count). The first-order valence-electron chi connectivity index (χ1n) is 6.02. The van der Waals surface area contributed by atoms with Crippen LogP contribution in [0.25, 0.3) is 11.4 Å². The van der Waals surface area contributed by atoms with Crippen molar-refractivity contribution >= 4 is 11.4 Å². The number of hydrogen-bond acceptors (Lipinski definition) is 6. The van der Waals surface area contributed by atoms with Gasteiger partial charge in [0.15, 0.2) is 5.82 Å². The van der Waals surface area contributed by atoms with Crippen LogP contribution in [0.2, 0.25) is 0 Å². The van der Waals surface area contributed by atoms with Gasteiger partial charge in [-0.3, -0.25) is 9.51 Å². The number of morpholine rings is 1.